The van der Waals surface area contributed by atoms with Crippen molar-refractivity contribution in [1.82, 2.24) is 19.8 Å². The van der Waals surface area contributed by atoms with E-state index < -0.39 is 0 Å². The van der Waals surface area contributed by atoms with Crippen LogP contribution in [0.3, 0.4) is 0 Å². The summed E-state index contributed by atoms with van der Waals surface area (Å²) in [6, 6.07) is 5.23. The summed E-state index contributed by atoms with van der Waals surface area (Å²) in [5.74, 6) is 0.714. The topological polar surface area (TPSA) is 77.3 Å². The molecule has 0 bridgehead atoms. The van der Waals surface area contributed by atoms with Crippen molar-refractivity contribution >= 4 is 5.91 Å². The van der Waals surface area contributed by atoms with Gasteiger partial charge in [-0.1, -0.05) is 5.16 Å². The van der Waals surface area contributed by atoms with E-state index in [1.165, 1.54) is 17.5 Å². The van der Waals surface area contributed by atoms with E-state index in [9.17, 15) is 4.79 Å². The van der Waals surface area contributed by atoms with E-state index >= 15 is 0 Å². The molecule has 1 aliphatic carbocycles. The molecule has 4 rings (SSSR count). The van der Waals surface area contributed by atoms with Gasteiger partial charge in [0.25, 0.3) is 5.91 Å². The Morgan fingerprint density at radius 2 is 2.25 bits per heavy atom. The maximum Gasteiger partial charge on any atom is 0.293 e. The lowest BCUT2D eigenvalue weighted by Crippen LogP contribution is -2.30. The van der Waals surface area contributed by atoms with Gasteiger partial charge in [-0.2, -0.15) is 5.10 Å². The summed E-state index contributed by atoms with van der Waals surface area (Å²) in [5, 5.41) is 8.24. The van der Waals surface area contributed by atoms with Crippen LogP contribution in [0.1, 0.15) is 39.7 Å². The molecule has 7 nitrogen and oxygen atoms in total. The summed E-state index contributed by atoms with van der Waals surface area (Å²) < 4.78 is 12.4. The van der Waals surface area contributed by atoms with Crippen molar-refractivity contribution in [3.05, 3.63) is 59.1 Å². The van der Waals surface area contributed by atoms with Gasteiger partial charge in [0.15, 0.2) is 0 Å². The van der Waals surface area contributed by atoms with Crippen molar-refractivity contribution in [3.8, 4) is 0 Å². The van der Waals surface area contributed by atoms with Crippen molar-refractivity contribution in [2.75, 3.05) is 0 Å². The largest absolute Gasteiger partial charge is 0.467 e. The molecule has 0 N–H and O–H groups in total. The van der Waals surface area contributed by atoms with Crippen molar-refractivity contribution < 1.29 is 13.7 Å². The normalized spacial score (nSPS) is 13.2. The van der Waals surface area contributed by atoms with Crippen LogP contribution in [0.4, 0.5) is 0 Å². The molecule has 0 saturated carbocycles. The number of aryl methyl sites for hydroxylation is 1. The van der Waals surface area contributed by atoms with Gasteiger partial charge in [0.05, 0.1) is 31.2 Å². The number of furan rings is 1. The lowest BCUT2D eigenvalue weighted by Gasteiger charge is -2.19. The monoisotopic (exact) mass is 326 g/mol. The average Bonchev–Trinajstić information content (AvgIpc) is 3.35. The number of nitrogens with zero attached hydrogens (tertiary/aromatic N) is 4. The van der Waals surface area contributed by atoms with E-state index in [-0.39, 0.29) is 11.7 Å². The summed E-state index contributed by atoms with van der Waals surface area (Å²) in [4.78, 5) is 14.4. The first kappa shape index (κ1) is 14.7. The predicted molar refractivity (Wildman–Crippen MR) is 84.0 cm³/mol. The third kappa shape index (κ3) is 2.62. The molecule has 0 saturated heterocycles. The lowest BCUT2D eigenvalue weighted by molar-refractivity contribution is 0.0672. The zero-order valence-electron chi connectivity index (χ0n) is 13.4. The molecular weight excluding hydrogens is 308 g/mol. The van der Waals surface area contributed by atoms with Crippen molar-refractivity contribution in [3.63, 3.8) is 0 Å². The number of carbonyl (C=O) groups is 1. The Morgan fingerprint density at radius 1 is 1.33 bits per heavy atom. The van der Waals surface area contributed by atoms with Gasteiger partial charge in [-0.3, -0.25) is 9.48 Å². The second kappa shape index (κ2) is 5.99. The lowest BCUT2D eigenvalue weighted by atomic mass is 10.2. The van der Waals surface area contributed by atoms with E-state index in [1.807, 2.05) is 23.9 Å². The van der Waals surface area contributed by atoms with Gasteiger partial charge in [0, 0.05) is 18.8 Å². The van der Waals surface area contributed by atoms with E-state index in [1.54, 1.807) is 17.2 Å². The number of rotatable bonds is 5. The molecule has 0 radical (unpaired) electrons. The Bertz CT molecular complexity index is 834. The summed E-state index contributed by atoms with van der Waals surface area (Å²) in [7, 11) is 1.96. The van der Waals surface area contributed by atoms with E-state index in [4.69, 9.17) is 8.94 Å². The quantitative estimate of drug-likeness (QED) is 0.719. The van der Waals surface area contributed by atoms with E-state index in [0.717, 1.165) is 30.7 Å². The summed E-state index contributed by atoms with van der Waals surface area (Å²) in [6.07, 6.45) is 6.28. The van der Waals surface area contributed by atoms with Gasteiger partial charge >= 0.3 is 0 Å². The Labute approximate surface area is 138 Å². The fraction of sp³-hybridized carbons (Fsp3) is 0.353. The molecule has 3 aromatic rings. The highest BCUT2D eigenvalue weighted by atomic mass is 16.5. The van der Waals surface area contributed by atoms with Crippen molar-refractivity contribution in [1.29, 1.82) is 0 Å². The minimum atomic E-state index is -0.221. The number of fused-ring (bicyclic) bond motifs is 1. The SMILES string of the molecule is Cn1nc(CN(Cc2ccco2)C(=O)c2ccno2)c2c1CCC2. The molecule has 0 unspecified atom stereocenters. The molecule has 124 valence electrons. The maximum absolute atomic E-state index is 12.8. The third-order valence-corrected chi connectivity index (χ3v) is 4.40. The molecule has 0 aliphatic heterocycles. The molecule has 1 aliphatic rings. The first-order chi connectivity index (χ1) is 11.7. The fourth-order valence-electron chi connectivity index (χ4n) is 3.28. The Hall–Kier alpha value is -2.83. The Kier molecular flexibility index (Phi) is 3.68. The highest BCUT2D eigenvalue weighted by molar-refractivity contribution is 5.91. The number of amides is 1. The van der Waals surface area contributed by atoms with Gasteiger partial charge in [-0.25, -0.2) is 0 Å². The maximum atomic E-state index is 12.8. The van der Waals surface area contributed by atoms with Gasteiger partial charge in [-0.15, -0.1) is 0 Å². The number of hydrogen-bond acceptors (Lipinski definition) is 5. The molecule has 1 amide bonds. The minimum absolute atomic E-state index is 0.217. The first-order valence-electron chi connectivity index (χ1n) is 7.98. The van der Waals surface area contributed by atoms with Crippen LogP contribution in [-0.2, 0) is 33.0 Å². The van der Waals surface area contributed by atoms with Crippen LogP contribution >= 0.6 is 0 Å². The second-order valence-corrected chi connectivity index (χ2v) is 5.97. The molecule has 0 atom stereocenters. The fourth-order valence-corrected chi connectivity index (χ4v) is 3.28. The van der Waals surface area contributed by atoms with Crippen LogP contribution in [0.15, 0.2) is 39.6 Å². The molecule has 7 heteroatoms. The number of aromatic nitrogens is 3. The summed E-state index contributed by atoms with van der Waals surface area (Å²) in [6.45, 7) is 0.779. The van der Waals surface area contributed by atoms with Gasteiger partial charge in [0.1, 0.15) is 5.76 Å². The number of carbonyl (C=O) groups excluding carboxylic acids is 1. The van der Waals surface area contributed by atoms with Crippen LogP contribution < -0.4 is 0 Å². The average molecular weight is 326 g/mol. The molecule has 0 aromatic carbocycles. The summed E-state index contributed by atoms with van der Waals surface area (Å²) in [5.41, 5.74) is 3.49. The third-order valence-electron chi connectivity index (χ3n) is 4.40. The number of hydrogen-bond donors (Lipinski definition) is 0. The van der Waals surface area contributed by atoms with Gasteiger partial charge < -0.3 is 13.8 Å². The Morgan fingerprint density at radius 3 is 3.00 bits per heavy atom. The van der Waals surface area contributed by atoms with E-state index in [0.29, 0.717) is 13.1 Å². The van der Waals surface area contributed by atoms with Crippen LogP contribution in [-0.4, -0.2) is 25.7 Å². The highest BCUT2D eigenvalue weighted by Gasteiger charge is 2.26. The molecule has 0 spiro atoms. The van der Waals surface area contributed by atoms with Crippen LogP contribution in [0.5, 0.6) is 0 Å². The summed E-state index contributed by atoms with van der Waals surface area (Å²) >= 11 is 0. The van der Waals surface area contributed by atoms with Gasteiger partial charge in [-0.05, 0) is 37.0 Å². The molecule has 24 heavy (non-hydrogen) atoms. The molecular formula is C17H18N4O3. The second-order valence-electron chi connectivity index (χ2n) is 5.97. The first-order valence-corrected chi connectivity index (χ1v) is 7.98. The van der Waals surface area contributed by atoms with Crippen LogP contribution in [0.2, 0.25) is 0 Å². The molecule has 3 aromatic heterocycles. The zero-order chi connectivity index (χ0) is 16.5. The van der Waals surface area contributed by atoms with Crippen molar-refractivity contribution in [2.24, 2.45) is 7.05 Å². The Balaban J connectivity index is 1.63. The highest BCUT2D eigenvalue weighted by Crippen LogP contribution is 2.26. The molecule has 0 fully saturated rings. The van der Waals surface area contributed by atoms with Crippen molar-refractivity contribution in [2.45, 2.75) is 32.4 Å². The molecule has 3 heterocycles. The van der Waals surface area contributed by atoms with Crippen LogP contribution in [0, 0.1) is 0 Å². The predicted octanol–water partition coefficient (Wildman–Crippen LogP) is 2.33. The van der Waals surface area contributed by atoms with Crippen LogP contribution in [0.25, 0.3) is 0 Å². The van der Waals surface area contributed by atoms with Gasteiger partial charge in [0.2, 0.25) is 5.76 Å². The minimum Gasteiger partial charge on any atom is -0.467 e. The standard InChI is InChI=1S/C17H18N4O3/c1-20-15-6-2-5-13(15)14(19-20)11-21(10-12-4-3-9-23-12)17(22)16-7-8-18-24-16/h3-4,7-9H,2,5-6,10-11H2,1H3. The smallest absolute Gasteiger partial charge is 0.293 e. The zero-order valence-corrected chi connectivity index (χ0v) is 13.4. The van der Waals surface area contributed by atoms with E-state index in [2.05, 4.69) is 10.3 Å².